The molecule has 0 heterocycles. The summed E-state index contributed by atoms with van der Waals surface area (Å²) in [7, 11) is -0.813. The van der Waals surface area contributed by atoms with E-state index in [1.54, 1.807) is 0 Å². The molecule has 0 aliphatic heterocycles. The van der Waals surface area contributed by atoms with Gasteiger partial charge in [-0.05, 0) is 12.8 Å². The molecule has 1 fully saturated rings. The standard InChI is InChI=1S/C13H26N2O2S/c1-2-18(17)10-9-15-12(16)13(11-14)7-5-3-4-6-8-13/h2-11,14H2,1H3,(H,15,16). The number of hydrogen-bond donors (Lipinski definition) is 2. The Morgan fingerprint density at radius 3 is 2.39 bits per heavy atom. The molecule has 1 unspecified atom stereocenters. The van der Waals surface area contributed by atoms with Gasteiger partial charge >= 0.3 is 0 Å². The van der Waals surface area contributed by atoms with E-state index < -0.39 is 10.8 Å². The molecule has 106 valence electrons. The maximum absolute atomic E-state index is 12.3. The highest BCUT2D eigenvalue weighted by Crippen LogP contribution is 2.34. The topological polar surface area (TPSA) is 72.2 Å². The van der Waals surface area contributed by atoms with Gasteiger partial charge in [-0.3, -0.25) is 9.00 Å². The summed E-state index contributed by atoms with van der Waals surface area (Å²) in [6, 6.07) is 0. The third kappa shape index (κ3) is 4.35. The molecule has 0 aromatic heterocycles. The monoisotopic (exact) mass is 274 g/mol. The van der Waals surface area contributed by atoms with Crippen LogP contribution in [0.3, 0.4) is 0 Å². The summed E-state index contributed by atoms with van der Waals surface area (Å²) >= 11 is 0. The van der Waals surface area contributed by atoms with Crippen molar-refractivity contribution in [2.75, 3.05) is 24.6 Å². The van der Waals surface area contributed by atoms with Crippen LogP contribution in [0.25, 0.3) is 0 Å². The van der Waals surface area contributed by atoms with E-state index >= 15 is 0 Å². The predicted molar refractivity (Wildman–Crippen MR) is 75.7 cm³/mol. The lowest BCUT2D eigenvalue weighted by atomic mass is 9.79. The van der Waals surface area contributed by atoms with Gasteiger partial charge in [-0.15, -0.1) is 0 Å². The fourth-order valence-electron chi connectivity index (χ4n) is 2.54. The van der Waals surface area contributed by atoms with Crippen LogP contribution in [0.1, 0.15) is 45.4 Å². The molecule has 0 aromatic carbocycles. The van der Waals surface area contributed by atoms with Crippen molar-refractivity contribution in [1.82, 2.24) is 5.32 Å². The predicted octanol–water partition coefficient (Wildman–Crippen LogP) is 1.17. The zero-order valence-corrected chi connectivity index (χ0v) is 12.2. The zero-order chi connectivity index (χ0) is 13.4. The molecule has 1 rings (SSSR count). The van der Waals surface area contributed by atoms with Gasteiger partial charge in [0, 0.05) is 35.4 Å². The Balaban J connectivity index is 2.47. The van der Waals surface area contributed by atoms with Gasteiger partial charge in [-0.1, -0.05) is 32.6 Å². The molecule has 0 spiro atoms. The first kappa shape index (κ1) is 15.6. The van der Waals surface area contributed by atoms with Gasteiger partial charge in [-0.25, -0.2) is 0 Å². The lowest BCUT2D eigenvalue weighted by Gasteiger charge is -2.29. The largest absolute Gasteiger partial charge is 0.355 e. The quantitative estimate of drug-likeness (QED) is 0.714. The van der Waals surface area contributed by atoms with Crippen LogP contribution >= 0.6 is 0 Å². The molecule has 0 bridgehead atoms. The minimum atomic E-state index is -0.813. The van der Waals surface area contributed by atoms with Crippen LogP contribution in [-0.2, 0) is 15.6 Å². The van der Waals surface area contributed by atoms with Crippen LogP contribution in [0, 0.1) is 5.41 Å². The van der Waals surface area contributed by atoms with Crippen LogP contribution in [-0.4, -0.2) is 34.7 Å². The van der Waals surface area contributed by atoms with Crippen molar-refractivity contribution >= 4 is 16.7 Å². The van der Waals surface area contributed by atoms with Crippen molar-refractivity contribution in [3.8, 4) is 0 Å². The first-order valence-corrected chi connectivity index (χ1v) is 8.47. The molecule has 3 N–H and O–H groups in total. The molecule has 4 nitrogen and oxygen atoms in total. The molecular weight excluding hydrogens is 248 g/mol. The minimum Gasteiger partial charge on any atom is -0.355 e. The van der Waals surface area contributed by atoms with Crippen molar-refractivity contribution in [3.63, 3.8) is 0 Å². The fraction of sp³-hybridized carbons (Fsp3) is 0.923. The summed E-state index contributed by atoms with van der Waals surface area (Å²) < 4.78 is 11.3. The Bertz CT molecular complexity index is 287. The molecule has 1 amide bonds. The van der Waals surface area contributed by atoms with E-state index in [0.29, 0.717) is 24.6 Å². The first-order valence-electron chi connectivity index (χ1n) is 6.98. The highest BCUT2D eigenvalue weighted by Gasteiger charge is 2.36. The summed E-state index contributed by atoms with van der Waals surface area (Å²) in [6.45, 7) is 2.82. The number of nitrogens with two attached hydrogens (primary N) is 1. The molecule has 18 heavy (non-hydrogen) atoms. The number of nitrogens with one attached hydrogen (secondary N) is 1. The summed E-state index contributed by atoms with van der Waals surface area (Å²) in [5.41, 5.74) is 5.47. The normalized spacial score (nSPS) is 21.0. The number of rotatable bonds is 6. The van der Waals surface area contributed by atoms with Crippen molar-refractivity contribution in [2.45, 2.75) is 45.4 Å². The van der Waals surface area contributed by atoms with Crippen LogP contribution in [0.5, 0.6) is 0 Å². The Kier molecular flexibility index (Phi) is 6.86. The number of hydrogen-bond acceptors (Lipinski definition) is 3. The minimum absolute atomic E-state index is 0.0694. The van der Waals surface area contributed by atoms with Gasteiger partial charge in [0.25, 0.3) is 0 Å². The van der Waals surface area contributed by atoms with E-state index in [1.807, 2.05) is 6.92 Å². The molecule has 0 aromatic rings. The lowest BCUT2D eigenvalue weighted by molar-refractivity contribution is -0.131. The van der Waals surface area contributed by atoms with Crippen LogP contribution < -0.4 is 11.1 Å². The third-order valence-corrected chi connectivity index (χ3v) is 5.17. The highest BCUT2D eigenvalue weighted by atomic mass is 32.2. The molecule has 1 aliphatic carbocycles. The smallest absolute Gasteiger partial charge is 0.227 e. The van der Waals surface area contributed by atoms with Crippen molar-refractivity contribution in [3.05, 3.63) is 0 Å². The van der Waals surface area contributed by atoms with E-state index in [4.69, 9.17) is 5.73 Å². The van der Waals surface area contributed by atoms with E-state index in [1.165, 1.54) is 12.8 Å². The molecule has 0 saturated heterocycles. The van der Waals surface area contributed by atoms with Crippen LogP contribution in [0.15, 0.2) is 0 Å². The molecule has 1 aliphatic rings. The Hall–Kier alpha value is -0.420. The first-order chi connectivity index (χ1) is 8.64. The molecule has 5 heteroatoms. The van der Waals surface area contributed by atoms with Gasteiger partial charge in [0.1, 0.15) is 0 Å². The fourth-order valence-corrected chi connectivity index (χ4v) is 3.16. The number of carbonyl (C=O) groups excluding carboxylic acids is 1. The summed E-state index contributed by atoms with van der Waals surface area (Å²) in [6.07, 6.45) is 6.37. The average molecular weight is 274 g/mol. The van der Waals surface area contributed by atoms with Gasteiger partial charge in [0.15, 0.2) is 0 Å². The second-order valence-electron chi connectivity index (χ2n) is 5.09. The number of carbonyl (C=O) groups is 1. The summed E-state index contributed by atoms with van der Waals surface area (Å²) in [5.74, 6) is 1.26. The molecular formula is C13H26N2O2S. The number of amides is 1. The Labute approximate surface area is 113 Å². The summed E-state index contributed by atoms with van der Waals surface area (Å²) in [5, 5.41) is 2.93. The van der Waals surface area contributed by atoms with Gasteiger partial charge in [0.05, 0.1) is 5.41 Å². The van der Waals surface area contributed by atoms with Gasteiger partial charge in [-0.2, -0.15) is 0 Å². The van der Waals surface area contributed by atoms with Crippen molar-refractivity contribution in [1.29, 1.82) is 0 Å². The molecule has 1 saturated carbocycles. The Morgan fingerprint density at radius 2 is 1.89 bits per heavy atom. The maximum atomic E-state index is 12.3. The second-order valence-corrected chi connectivity index (χ2v) is 6.95. The van der Waals surface area contributed by atoms with Crippen molar-refractivity contribution < 1.29 is 9.00 Å². The molecule has 0 radical (unpaired) electrons. The zero-order valence-electron chi connectivity index (χ0n) is 11.4. The highest BCUT2D eigenvalue weighted by molar-refractivity contribution is 7.84. The van der Waals surface area contributed by atoms with Gasteiger partial charge < -0.3 is 11.1 Å². The van der Waals surface area contributed by atoms with Crippen LogP contribution in [0.2, 0.25) is 0 Å². The SMILES string of the molecule is CCS(=O)CCNC(=O)C1(CN)CCCCCC1. The average Bonchev–Trinajstić information content (AvgIpc) is 2.64. The third-order valence-electron chi connectivity index (χ3n) is 3.87. The van der Waals surface area contributed by atoms with Crippen LogP contribution in [0.4, 0.5) is 0 Å². The maximum Gasteiger partial charge on any atom is 0.227 e. The summed E-state index contributed by atoms with van der Waals surface area (Å²) in [4.78, 5) is 12.3. The van der Waals surface area contributed by atoms with E-state index in [0.717, 1.165) is 25.7 Å². The Morgan fingerprint density at radius 1 is 1.28 bits per heavy atom. The van der Waals surface area contributed by atoms with Crippen molar-refractivity contribution in [2.24, 2.45) is 11.1 Å². The van der Waals surface area contributed by atoms with Gasteiger partial charge in [0.2, 0.25) is 5.91 Å². The van der Waals surface area contributed by atoms with E-state index in [9.17, 15) is 9.00 Å². The molecule has 1 atom stereocenters. The van der Waals surface area contributed by atoms with E-state index in [2.05, 4.69) is 5.32 Å². The lowest BCUT2D eigenvalue weighted by Crippen LogP contribution is -2.46. The van der Waals surface area contributed by atoms with E-state index in [-0.39, 0.29) is 11.3 Å². The second kappa shape index (κ2) is 7.89.